The Hall–Kier alpha value is -1.75. The summed E-state index contributed by atoms with van der Waals surface area (Å²) in [5.41, 5.74) is 6.81. The maximum absolute atomic E-state index is 6.12. The Morgan fingerprint density at radius 3 is 3.00 bits per heavy atom. The van der Waals surface area contributed by atoms with Gasteiger partial charge in [-0.25, -0.2) is 4.68 Å². The summed E-state index contributed by atoms with van der Waals surface area (Å²) in [7, 11) is 1.68. The predicted octanol–water partition coefficient (Wildman–Crippen LogP) is 2.81. The summed E-state index contributed by atoms with van der Waals surface area (Å²) < 4.78 is 7.35. The number of nitrogens with two attached hydrogens (primary N) is 1. The van der Waals surface area contributed by atoms with Gasteiger partial charge in [0.1, 0.15) is 11.6 Å². The first kappa shape index (κ1) is 13.2. The highest BCUT2D eigenvalue weighted by molar-refractivity contribution is 6.30. The molecule has 6 heteroatoms. The van der Waals surface area contributed by atoms with Crippen LogP contribution in [-0.2, 0) is 6.54 Å². The lowest BCUT2D eigenvalue weighted by molar-refractivity contribution is 0.360. The molecular weight excluding hydrogens is 276 g/mol. The van der Waals surface area contributed by atoms with E-state index in [0.717, 1.165) is 35.1 Å². The fraction of sp³-hybridized carbons (Fsp3) is 0.429. The number of aromatic nitrogens is 3. The zero-order chi connectivity index (χ0) is 14.3. The summed E-state index contributed by atoms with van der Waals surface area (Å²) in [5, 5.41) is 4.98. The second kappa shape index (κ2) is 4.98. The molecule has 0 radical (unpaired) electrons. The van der Waals surface area contributed by atoms with Crippen LogP contribution in [0.1, 0.15) is 36.6 Å². The Labute approximate surface area is 122 Å². The van der Waals surface area contributed by atoms with Crippen molar-refractivity contribution in [2.24, 2.45) is 0 Å². The molecule has 2 N–H and O–H groups in total. The number of nitrogen functional groups attached to an aromatic ring is 1. The number of hydrogen-bond donors (Lipinski definition) is 1. The Balaban J connectivity index is 1.99. The lowest BCUT2D eigenvalue weighted by Gasteiger charge is -2.28. The minimum atomic E-state index is 0.298. The molecule has 5 nitrogen and oxygen atoms in total. The Kier molecular flexibility index (Phi) is 3.30. The molecule has 0 saturated carbocycles. The first-order valence-corrected chi connectivity index (χ1v) is 7.00. The number of ether oxygens (including phenoxy) is 1. The van der Waals surface area contributed by atoms with E-state index in [1.165, 1.54) is 0 Å². The van der Waals surface area contributed by atoms with Crippen molar-refractivity contribution < 1.29 is 4.74 Å². The first-order chi connectivity index (χ1) is 9.58. The van der Waals surface area contributed by atoms with Crippen LogP contribution in [0.25, 0.3) is 0 Å². The first-order valence-electron chi connectivity index (χ1n) is 6.62. The topological polar surface area (TPSA) is 66.0 Å². The number of fused-ring (bicyclic) bond motifs is 1. The van der Waals surface area contributed by atoms with Gasteiger partial charge >= 0.3 is 0 Å². The summed E-state index contributed by atoms with van der Waals surface area (Å²) >= 11 is 6.12. The molecule has 0 fully saturated rings. The third-order valence-corrected chi connectivity index (χ3v) is 4.06. The third kappa shape index (κ3) is 2.22. The summed E-state index contributed by atoms with van der Waals surface area (Å²) in [6.45, 7) is 2.89. The molecule has 20 heavy (non-hydrogen) atoms. The maximum atomic E-state index is 6.12. The van der Waals surface area contributed by atoms with Crippen LogP contribution in [-0.4, -0.2) is 21.9 Å². The number of nitrogens with zero attached hydrogens (tertiary/aromatic N) is 3. The Bertz CT molecular complexity index is 640. The van der Waals surface area contributed by atoms with Crippen LogP contribution in [0, 0.1) is 0 Å². The zero-order valence-corrected chi connectivity index (χ0v) is 12.3. The molecule has 1 aromatic heterocycles. The number of halogens is 1. The molecule has 0 aliphatic carbocycles. The zero-order valence-electron chi connectivity index (χ0n) is 11.5. The fourth-order valence-corrected chi connectivity index (χ4v) is 3.12. The number of benzene rings is 1. The van der Waals surface area contributed by atoms with Crippen LogP contribution in [0.2, 0.25) is 5.02 Å². The summed E-state index contributed by atoms with van der Waals surface area (Å²) in [5.74, 6) is 2.77. The molecule has 106 valence electrons. The molecule has 0 spiro atoms. The van der Waals surface area contributed by atoms with E-state index in [1.807, 2.05) is 22.9 Å². The van der Waals surface area contributed by atoms with Crippen LogP contribution in [0.5, 0.6) is 5.75 Å². The summed E-state index contributed by atoms with van der Waals surface area (Å²) in [6, 6.07) is 5.73. The van der Waals surface area contributed by atoms with E-state index >= 15 is 0 Å². The molecule has 1 aliphatic rings. The van der Waals surface area contributed by atoms with Crippen molar-refractivity contribution in [2.45, 2.75) is 31.7 Å². The average Bonchev–Trinajstić information content (AvgIpc) is 2.79. The minimum absolute atomic E-state index is 0.298. The van der Waals surface area contributed by atoms with Gasteiger partial charge in [0.2, 0.25) is 5.95 Å². The molecule has 2 unspecified atom stereocenters. The van der Waals surface area contributed by atoms with E-state index in [0.29, 0.717) is 17.8 Å². The molecule has 0 bridgehead atoms. The SMILES string of the molecule is COc1ccc(Cl)cc1C1CC(C)c2nc(N)nn2C1. The third-order valence-electron chi connectivity index (χ3n) is 3.82. The molecule has 0 saturated heterocycles. The molecule has 2 heterocycles. The van der Waals surface area contributed by atoms with Crippen molar-refractivity contribution >= 4 is 17.5 Å². The molecule has 1 aromatic carbocycles. The van der Waals surface area contributed by atoms with Gasteiger partial charge in [-0.15, -0.1) is 5.10 Å². The van der Waals surface area contributed by atoms with Crippen LogP contribution in [0.15, 0.2) is 18.2 Å². The molecule has 2 atom stereocenters. The van der Waals surface area contributed by atoms with E-state index in [-0.39, 0.29) is 0 Å². The van der Waals surface area contributed by atoms with Crippen molar-refractivity contribution in [1.82, 2.24) is 14.8 Å². The Morgan fingerprint density at radius 1 is 1.45 bits per heavy atom. The molecule has 1 aliphatic heterocycles. The molecule has 3 rings (SSSR count). The van der Waals surface area contributed by atoms with Crippen LogP contribution in [0.4, 0.5) is 5.95 Å². The lowest BCUT2D eigenvalue weighted by Crippen LogP contribution is -2.23. The standard InChI is InChI=1S/C14H17ClN4O/c1-8-5-9(7-19-13(8)17-14(16)18-19)11-6-10(15)3-4-12(11)20-2/h3-4,6,8-9H,5,7H2,1-2H3,(H2,16,18). The van der Waals surface area contributed by atoms with Gasteiger partial charge in [0.05, 0.1) is 13.7 Å². The highest BCUT2D eigenvalue weighted by atomic mass is 35.5. The molecule has 2 aromatic rings. The Morgan fingerprint density at radius 2 is 2.25 bits per heavy atom. The number of anilines is 1. The van der Waals surface area contributed by atoms with Crippen LogP contribution >= 0.6 is 11.6 Å². The smallest absolute Gasteiger partial charge is 0.239 e. The van der Waals surface area contributed by atoms with E-state index in [1.54, 1.807) is 7.11 Å². The number of methoxy groups -OCH3 is 1. The van der Waals surface area contributed by atoms with Crippen molar-refractivity contribution in [3.63, 3.8) is 0 Å². The van der Waals surface area contributed by atoms with Crippen molar-refractivity contribution in [3.8, 4) is 5.75 Å². The van der Waals surface area contributed by atoms with Gasteiger partial charge < -0.3 is 10.5 Å². The average molecular weight is 293 g/mol. The normalized spacial score (nSPS) is 21.6. The van der Waals surface area contributed by atoms with Gasteiger partial charge in [0.15, 0.2) is 0 Å². The van der Waals surface area contributed by atoms with Crippen molar-refractivity contribution in [1.29, 1.82) is 0 Å². The highest BCUT2D eigenvalue weighted by Gasteiger charge is 2.29. The maximum Gasteiger partial charge on any atom is 0.239 e. The second-order valence-corrected chi connectivity index (χ2v) is 5.67. The predicted molar refractivity (Wildman–Crippen MR) is 78.2 cm³/mol. The highest BCUT2D eigenvalue weighted by Crippen LogP contribution is 2.39. The number of rotatable bonds is 2. The van der Waals surface area contributed by atoms with Crippen molar-refractivity contribution in [3.05, 3.63) is 34.6 Å². The monoisotopic (exact) mass is 292 g/mol. The van der Waals surface area contributed by atoms with Gasteiger partial charge in [0, 0.05) is 22.4 Å². The quantitative estimate of drug-likeness (QED) is 0.924. The van der Waals surface area contributed by atoms with E-state index in [9.17, 15) is 0 Å². The fourth-order valence-electron chi connectivity index (χ4n) is 2.94. The molecular formula is C14H17ClN4O. The van der Waals surface area contributed by atoms with E-state index in [4.69, 9.17) is 22.1 Å². The van der Waals surface area contributed by atoms with Crippen LogP contribution in [0.3, 0.4) is 0 Å². The van der Waals surface area contributed by atoms with Gasteiger partial charge in [-0.1, -0.05) is 18.5 Å². The second-order valence-electron chi connectivity index (χ2n) is 5.23. The van der Waals surface area contributed by atoms with Crippen LogP contribution < -0.4 is 10.5 Å². The van der Waals surface area contributed by atoms with Gasteiger partial charge in [0.25, 0.3) is 0 Å². The number of hydrogen-bond acceptors (Lipinski definition) is 4. The summed E-state index contributed by atoms with van der Waals surface area (Å²) in [6.07, 6.45) is 0.981. The van der Waals surface area contributed by atoms with E-state index in [2.05, 4.69) is 17.0 Å². The van der Waals surface area contributed by atoms with E-state index < -0.39 is 0 Å². The summed E-state index contributed by atoms with van der Waals surface area (Å²) in [4.78, 5) is 4.29. The molecule has 0 amide bonds. The van der Waals surface area contributed by atoms with Crippen molar-refractivity contribution in [2.75, 3.05) is 12.8 Å². The van der Waals surface area contributed by atoms with Gasteiger partial charge in [-0.2, -0.15) is 4.98 Å². The largest absolute Gasteiger partial charge is 0.496 e. The minimum Gasteiger partial charge on any atom is -0.496 e. The van der Waals surface area contributed by atoms with Gasteiger partial charge in [-0.05, 0) is 24.6 Å². The lowest BCUT2D eigenvalue weighted by atomic mass is 9.86. The van der Waals surface area contributed by atoms with Gasteiger partial charge in [-0.3, -0.25) is 0 Å².